The molecule has 0 unspecified atom stereocenters. The van der Waals surface area contributed by atoms with Crippen LogP contribution < -0.4 is 5.32 Å². The van der Waals surface area contributed by atoms with Crippen LogP contribution in [0.3, 0.4) is 0 Å². The van der Waals surface area contributed by atoms with Gasteiger partial charge in [0.25, 0.3) is 5.91 Å². The number of benzene rings is 3. The zero-order valence-corrected chi connectivity index (χ0v) is 22.5. The van der Waals surface area contributed by atoms with Crippen molar-refractivity contribution in [2.45, 2.75) is 19.4 Å². The predicted molar refractivity (Wildman–Crippen MR) is 155 cm³/mol. The van der Waals surface area contributed by atoms with Gasteiger partial charge in [-0.1, -0.05) is 84.9 Å². The smallest absolute Gasteiger partial charge is 0.251 e. The first-order valence-corrected chi connectivity index (χ1v) is 12.3. The predicted octanol–water partition coefficient (Wildman–Crippen LogP) is 6.09. The van der Waals surface area contributed by atoms with Gasteiger partial charge in [-0.05, 0) is 48.7 Å². The van der Waals surface area contributed by atoms with Crippen molar-refractivity contribution < 1.29 is 4.79 Å². The van der Waals surface area contributed by atoms with E-state index in [2.05, 4.69) is 75.8 Å². The van der Waals surface area contributed by atoms with Gasteiger partial charge in [0, 0.05) is 38.3 Å². The van der Waals surface area contributed by atoms with E-state index in [1.807, 2.05) is 43.3 Å². The molecule has 1 N–H and O–H groups in total. The molecule has 3 aromatic carbocycles. The molecule has 0 radical (unpaired) electrons. The van der Waals surface area contributed by atoms with Crippen LogP contribution in [0.1, 0.15) is 46.4 Å². The van der Waals surface area contributed by atoms with Gasteiger partial charge in [-0.3, -0.25) is 9.69 Å². The van der Waals surface area contributed by atoms with Crippen molar-refractivity contribution in [3.8, 4) is 0 Å². The van der Waals surface area contributed by atoms with Crippen molar-refractivity contribution in [1.29, 1.82) is 0 Å². The molecule has 192 valence electrons. The van der Waals surface area contributed by atoms with Crippen LogP contribution in [0.5, 0.6) is 0 Å². The van der Waals surface area contributed by atoms with Gasteiger partial charge in [-0.2, -0.15) is 0 Å². The minimum absolute atomic E-state index is 0. The summed E-state index contributed by atoms with van der Waals surface area (Å²) < 4.78 is 0. The Balaban J connectivity index is 0.00000228. The zero-order chi connectivity index (χ0) is 23.6. The Hall–Kier alpha value is -2.63. The van der Waals surface area contributed by atoms with Crippen LogP contribution in [0.2, 0.25) is 0 Å². The zero-order valence-electron chi connectivity index (χ0n) is 20.9. The number of nitrogens with zero attached hydrogens (tertiary/aromatic N) is 2. The molecule has 0 aliphatic carbocycles. The molecule has 6 heteroatoms. The van der Waals surface area contributed by atoms with E-state index in [1.165, 1.54) is 11.1 Å². The molecule has 0 spiro atoms. The Morgan fingerprint density at radius 3 is 2.06 bits per heavy atom. The van der Waals surface area contributed by atoms with Crippen LogP contribution in [-0.2, 0) is 0 Å². The lowest BCUT2D eigenvalue weighted by Gasteiger charge is -2.39. The van der Waals surface area contributed by atoms with Gasteiger partial charge in [0.05, 0.1) is 6.04 Å². The molecule has 4 rings (SSSR count). The first-order valence-electron chi connectivity index (χ1n) is 12.3. The third-order valence-corrected chi connectivity index (χ3v) is 6.45. The fourth-order valence-corrected chi connectivity index (χ4v) is 4.71. The first-order chi connectivity index (χ1) is 16.7. The monoisotopic (exact) mass is 525 g/mol. The summed E-state index contributed by atoms with van der Waals surface area (Å²) in [6, 6.07) is 29.7. The van der Waals surface area contributed by atoms with E-state index in [4.69, 9.17) is 0 Å². The van der Waals surface area contributed by atoms with Gasteiger partial charge in [0.15, 0.2) is 0 Å². The molecule has 0 saturated carbocycles. The Morgan fingerprint density at radius 1 is 0.861 bits per heavy atom. The van der Waals surface area contributed by atoms with Crippen molar-refractivity contribution >= 4 is 36.8 Å². The Labute approximate surface area is 228 Å². The highest BCUT2D eigenvalue weighted by Crippen LogP contribution is 2.29. The molecule has 36 heavy (non-hydrogen) atoms. The normalized spacial score (nSPS) is 14.3. The van der Waals surface area contributed by atoms with Crippen molar-refractivity contribution in [2.75, 3.05) is 39.3 Å². The van der Waals surface area contributed by atoms with Crippen LogP contribution in [0.15, 0.2) is 91.0 Å². The van der Waals surface area contributed by atoms with Crippen LogP contribution in [0, 0.1) is 0 Å². The number of amides is 1. The molecule has 1 heterocycles. The third-order valence-electron chi connectivity index (χ3n) is 6.45. The molecule has 1 amide bonds. The Bertz CT molecular complexity index is 1030. The number of carbonyl (C=O) groups is 1. The van der Waals surface area contributed by atoms with E-state index in [0.29, 0.717) is 12.6 Å². The van der Waals surface area contributed by atoms with Crippen molar-refractivity contribution in [1.82, 2.24) is 15.1 Å². The maximum atomic E-state index is 12.5. The number of nitrogens with one attached hydrogen (secondary N) is 1. The summed E-state index contributed by atoms with van der Waals surface area (Å²) in [6.45, 7) is 7.87. The summed E-state index contributed by atoms with van der Waals surface area (Å²) >= 11 is 0. The summed E-state index contributed by atoms with van der Waals surface area (Å²) in [5.74, 6) is 0.00439. The second-order valence-electron chi connectivity index (χ2n) is 8.84. The highest BCUT2D eigenvalue weighted by Gasteiger charge is 2.26. The van der Waals surface area contributed by atoms with Crippen LogP contribution in [-0.4, -0.2) is 55.0 Å². The summed E-state index contributed by atoms with van der Waals surface area (Å²) in [5.41, 5.74) is 4.47. The number of rotatable bonds is 9. The van der Waals surface area contributed by atoms with E-state index in [0.717, 1.165) is 50.3 Å². The molecule has 0 bridgehead atoms. The van der Waals surface area contributed by atoms with Crippen LogP contribution in [0.4, 0.5) is 0 Å². The molecule has 4 nitrogen and oxygen atoms in total. The van der Waals surface area contributed by atoms with Gasteiger partial charge in [0.1, 0.15) is 0 Å². The Morgan fingerprint density at radius 2 is 1.47 bits per heavy atom. The van der Waals surface area contributed by atoms with Crippen molar-refractivity contribution in [2.24, 2.45) is 0 Å². The molecule has 0 aromatic heterocycles. The molecule has 3 aromatic rings. The second-order valence-corrected chi connectivity index (χ2v) is 8.84. The number of hydrogen-bond donors (Lipinski definition) is 1. The molecule has 1 fully saturated rings. The molecule has 1 aliphatic heterocycles. The lowest BCUT2D eigenvalue weighted by molar-refractivity contribution is 0.0941. The molecular formula is C30H37Cl2N3O. The number of piperazine rings is 1. The average molecular weight is 527 g/mol. The summed E-state index contributed by atoms with van der Waals surface area (Å²) in [6.07, 6.45) is 4.95. The standard InChI is InChI=1S/C30H35N3O.2ClH/c1-2-11-25-12-9-17-28(24-25)30(34)31-18-10-19-32-20-22-33(23-21-32)29(26-13-5-3-6-14-26)27-15-7-4-8-16-27;;/h2-9,11-17,24,29H,10,18-23H2,1H3,(H,31,34);2*1H/b11-2+;;. The first kappa shape index (κ1) is 29.6. The maximum Gasteiger partial charge on any atom is 0.251 e. The fraction of sp³-hybridized carbons (Fsp3) is 0.300. The van der Waals surface area contributed by atoms with Gasteiger partial charge in [-0.25, -0.2) is 0 Å². The van der Waals surface area contributed by atoms with Crippen molar-refractivity contribution in [3.63, 3.8) is 0 Å². The number of halogens is 2. The van der Waals surface area contributed by atoms with E-state index in [9.17, 15) is 4.79 Å². The summed E-state index contributed by atoms with van der Waals surface area (Å²) in [7, 11) is 0. The van der Waals surface area contributed by atoms with E-state index in [-0.39, 0.29) is 30.7 Å². The lowest BCUT2D eigenvalue weighted by atomic mass is 9.96. The van der Waals surface area contributed by atoms with E-state index in [1.54, 1.807) is 0 Å². The van der Waals surface area contributed by atoms with Gasteiger partial charge in [-0.15, -0.1) is 24.8 Å². The minimum atomic E-state index is 0. The number of allylic oxidation sites excluding steroid dienone is 1. The molecule has 1 aliphatic rings. The Kier molecular flexibility index (Phi) is 12.7. The lowest BCUT2D eigenvalue weighted by Crippen LogP contribution is -2.48. The quantitative estimate of drug-likeness (QED) is 0.343. The van der Waals surface area contributed by atoms with E-state index >= 15 is 0 Å². The van der Waals surface area contributed by atoms with Crippen LogP contribution >= 0.6 is 24.8 Å². The number of carbonyl (C=O) groups excluding carboxylic acids is 1. The summed E-state index contributed by atoms with van der Waals surface area (Å²) in [4.78, 5) is 17.6. The SMILES string of the molecule is C/C=C/c1cccc(C(=O)NCCCN2CCN(C(c3ccccc3)c3ccccc3)CC2)c1.Cl.Cl. The fourth-order valence-electron chi connectivity index (χ4n) is 4.71. The maximum absolute atomic E-state index is 12.5. The minimum Gasteiger partial charge on any atom is -0.352 e. The highest BCUT2D eigenvalue weighted by atomic mass is 35.5. The van der Waals surface area contributed by atoms with Gasteiger partial charge in [0.2, 0.25) is 0 Å². The summed E-state index contributed by atoms with van der Waals surface area (Å²) in [5, 5.41) is 3.08. The van der Waals surface area contributed by atoms with Crippen LogP contribution in [0.25, 0.3) is 6.08 Å². The average Bonchev–Trinajstić information content (AvgIpc) is 2.89. The molecule has 1 saturated heterocycles. The van der Waals surface area contributed by atoms with Gasteiger partial charge < -0.3 is 10.2 Å². The molecular weight excluding hydrogens is 489 g/mol. The largest absolute Gasteiger partial charge is 0.352 e. The van der Waals surface area contributed by atoms with Gasteiger partial charge >= 0.3 is 0 Å². The topological polar surface area (TPSA) is 35.6 Å². The highest BCUT2D eigenvalue weighted by molar-refractivity contribution is 5.94. The van der Waals surface area contributed by atoms with E-state index < -0.39 is 0 Å². The number of hydrogen-bond acceptors (Lipinski definition) is 3. The van der Waals surface area contributed by atoms with Crippen molar-refractivity contribution in [3.05, 3.63) is 113 Å². The third kappa shape index (κ3) is 8.21. The molecule has 0 atom stereocenters. The second kappa shape index (κ2) is 15.5.